The second kappa shape index (κ2) is 8.16. The monoisotopic (exact) mass is 391 g/mol. The Kier molecular flexibility index (Phi) is 5.88. The number of piperazine rings is 1. The Morgan fingerprint density at radius 1 is 1.00 bits per heavy atom. The van der Waals surface area contributed by atoms with Crippen molar-refractivity contribution >= 4 is 15.9 Å². The normalized spacial score (nSPS) is 16.2. The zero-order valence-electron chi connectivity index (χ0n) is 15.1. The molecule has 1 fully saturated rings. The quantitative estimate of drug-likeness (QED) is 0.842. The lowest BCUT2D eigenvalue weighted by atomic mass is 10.2. The molecule has 1 heterocycles. The summed E-state index contributed by atoms with van der Waals surface area (Å²) in [4.78, 5) is 14.5. The minimum atomic E-state index is -3.55. The topological polar surface area (TPSA) is 69.7 Å². The van der Waals surface area contributed by atoms with Crippen LogP contribution in [0.1, 0.15) is 15.9 Å². The molecule has 2 aromatic carbocycles. The van der Waals surface area contributed by atoms with E-state index in [4.69, 9.17) is 0 Å². The summed E-state index contributed by atoms with van der Waals surface area (Å²) in [6.45, 7) is 2.57. The molecule has 0 radical (unpaired) electrons. The fourth-order valence-corrected chi connectivity index (χ4v) is 4.26. The van der Waals surface area contributed by atoms with Gasteiger partial charge in [0.2, 0.25) is 10.0 Å². The maximum absolute atomic E-state index is 12.9. The van der Waals surface area contributed by atoms with Crippen LogP contribution < -0.4 is 5.32 Å². The summed E-state index contributed by atoms with van der Waals surface area (Å²) < 4.78 is 39.7. The van der Waals surface area contributed by atoms with Crippen LogP contribution >= 0.6 is 0 Å². The van der Waals surface area contributed by atoms with Crippen LogP contribution in [0.4, 0.5) is 4.39 Å². The van der Waals surface area contributed by atoms with Gasteiger partial charge in [0, 0.05) is 38.3 Å². The second-order valence-electron chi connectivity index (χ2n) is 6.54. The lowest BCUT2D eigenvalue weighted by molar-refractivity contribution is 0.0951. The van der Waals surface area contributed by atoms with Gasteiger partial charge in [-0.2, -0.15) is 4.31 Å². The highest BCUT2D eigenvalue weighted by Gasteiger charge is 2.27. The van der Waals surface area contributed by atoms with Crippen LogP contribution in [0.15, 0.2) is 53.4 Å². The van der Waals surface area contributed by atoms with Gasteiger partial charge < -0.3 is 10.2 Å². The van der Waals surface area contributed by atoms with Gasteiger partial charge >= 0.3 is 0 Å². The molecule has 1 amide bonds. The number of nitrogens with one attached hydrogen (secondary N) is 1. The van der Waals surface area contributed by atoms with Crippen LogP contribution in [0.5, 0.6) is 0 Å². The molecule has 0 aromatic heterocycles. The summed E-state index contributed by atoms with van der Waals surface area (Å²) in [6.07, 6.45) is 0. The van der Waals surface area contributed by atoms with Crippen molar-refractivity contribution in [3.63, 3.8) is 0 Å². The Morgan fingerprint density at radius 3 is 2.19 bits per heavy atom. The highest BCUT2D eigenvalue weighted by atomic mass is 32.2. The molecule has 0 bridgehead atoms. The van der Waals surface area contributed by atoms with Gasteiger partial charge in [-0.1, -0.05) is 12.1 Å². The molecule has 0 saturated carbocycles. The van der Waals surface area contributed by atoms with Crippen molar-refractivity contribution in [2.45, 2.75) is 11.4 Å². The van der Waals surface area contributed by atoms with Gasteiger partial charge in [0.1, 0.15) is 5.82 Å². The van der Waals surface area contributed by atoms with Crippen molar-refractivity contribution in [3.8, 4) is 0 Å². The number of carbonyl (C=O) groups excluding carboxylic acids is 1. The van der Waals surface area contributed by atoms with Crippen molar-refractivity contribution in [2.75, 3.05) is 33.2 Å². The molecule has 1 aliphatic heterocycles. The highest BCUT2D eigenvalue weighted by molar-refractivity contribution is 7.89. The van der Waals surface area contributed by atoms with E-state index < -0.39 is 10.0 Å². The lowest BCUT2D eigenvalue weighted by Gasteiger charge is -2.31. The van der Waals surface area contributed by atoms with E-state index in [1.54, 1.807) is 12.1 Å². The third-order valence-electron chi connectivity index (χ3n) is 4.58. The van der Waals surface area contributed by atoms with Gasteiger partial charge in [-0.3, -0.25) is 4.79 Å². The summed E-state index contributed by atoms with van der Waals surface area (Å²) in [5.41, 5.74) is 1.15. The number of amides is 1. The van der Waals surface area contributed by atoms with Gasteiger partial charge in [-0.25, -0.2) is 12.8 Å². The largest absolute Gasteiger partial charge is 0.348 e. The van der Waals surface area contributed by atoms with Crippen LogP contribution in [-0.2, 0) is 16.6 Å². The van der Waals surface area contributed by atoms with Crippen LogP contribution in [0.3, 0.4) is 0 Å². The number of hydrogen-bond donors (Lipinski definition) is 1. The van der Waals surface area contributed by atoms with Gasteiger partial charge in [0.25, 0.3) is 5.91 Å². The molecule has 0 spiro atoms. The average Bonchev–Trinajstić information content (AvgIpc) is 2.68. The summed E-state index contributed by atoms with van der Waals surface area (Å²) in [6, 6.07) is 11.8. The van der Waals surface area contributed by atoms with Gasteiger partial charge in [-0.05, 0) is 49.0 Å². The van der Waals surface area contributed by atoms with E-state index in [2.05, 4.69) is 10.2 Å². The molecule has 0 aliphatic carbocycles. The van der Waals surface area contributed by atoms with Gasteiger partial charge in [0.15, 0.2) is 0 Å². The molecular formula is C19H22FN3O3S. The molecule has 1 N–H and O–H groups in total. The standard InChI is InChI=1S/C19H22FN3O3S/c1-22-10-12-23(13-11-22)27(25,26)18-8-4-16(5-9-18)19(24)21-14-15-2-6-17(20)7-3-15/h2-9H,10-14H2,1H3,(H,21,24). The van der Waals surface area contributed by atoms with E-state index >= 15 is 0 Å². The second-order valence-corrected chi connectivity index (χ2v) is 8.48. The molecule has 144 valence electrons. The minimum Gasteiger partial charge on any atom is -0.348 e. The maximum atomic E-state index is 12.9. The summed E-state index contributed by atoms with van der Waals surface area (Å²) >= 11 is 0. The molecule has 0 unspecified atom stereocenters. The molecule has 3 rings (SSSR count). The summed E-state index contributed by atoms with van der Waals surface area (Å²) in [5.74, 6) is -0.648. The van der Waals surface area contributed by atoms with Crippen molar-refractivity contribution < 1.29 is 17.6 Å². The molecular weight excluding hydrogens is 369 g/mol. The Hall–Kier alpha value is -2.29. The number of benzene rings is 2. The molecule has 27 heavy (non-hydrogen) atoms. The molecule has 0 atom stereocenters. The minimum absolute atomic E-state index is 0.183. The number of nitrogens with zero attached hydrogens (tertiary/aromatic N) is 2. The third kappa shape index (κ3) is 4.71. The SMILES string of the molecule is CN1CCN(S(=O)(=O)c2ccc(C(=O)NCc3ccc(F)cc3)cc2)CC1. The van der Waals surface area contributed by atoms with Crippen molar-refractivity contribution in [1.29, 1.82) is 0 Å². The first kappa shape index (κ1) is 19.5. The first-order valence-corrected chi connectivity index (χ1v) is 10.1. The number of hydrogen-bond acceptors (Lipinski definition) is 4. The highest BCUT2D eigenvalue weighted by Crippen LogP contribution is 2.18. The van der Waals surface area contributed by atoms with E-state index in [0.29, 0.717) is 31.7 Å². The smallest absolute Gasteiger partial charge is 0.251 e. The van der Waals surface area contributed by atoms with Crippen molar-refractivity contribution in [3.05, 3.63) is 65.5 Å². The zero-order valence-corrected chi connectivity index (χ0v) is 15.9. The van der Waals surface area contributed by atoms with E-state index in [0.717, 1.165) is 5.56 Å². The Morgan fingerprint density at radius 2 is 1.59 bits per heavy atom. The van der Waals surface area contributed by atoms with Crippen LogP contribution in [-0.4, -0.2) is 56.8 Å². The van der Waals surface area contributed by atoms with Crippen LogP contribution in [0.25, 0.3) is 0 Å². The summed E-state index contributed by atoms with van der Waals surface area (Å²) in [7, 11) is -1.59. The van der Waals surface area contributed by atoms with E-state index in [9.17, 15) is 17.6 Å². The summed E-state index contributed by atoms with van der Waals surface area (Å²) in [5, 5.41) is 2.73. The molecule has 2 aromatic rings. The number of carbonyl (C=O) groups is 1. The number of halogens is 1. The van der Waals surface area contributed by atoms with E-state index in [1.807, 2.05) is 7.05 Å². The van der Waals surface area contributed by atoms with Crippen molar-refractivity contribution in [2.24, 2.45) is 0 Å². The van der Waals surface area contributed by atoms with Gasteiger partial charge in [-0.15, -0.1) is 0 Å². The number of sulfonamides is 1. The van der Waals surface area contributed by atoms with Crippen molar-refractivity contribution in [1.82, 2.24) is 14.5 Å². The first-order chi connectivity index (χ1) is 12.9. The van der Waals surface area contributed by atoms with Crippen LogP contribution in [0.2, 0.25) is 0 Å². The Labute approximate surface area is 158 Å². The Balaban J connectivity index is 1.63. The Bertz CT molecular complexity index is 891. The third-order valence-corrected chi connectivity index (χ3v) is 6.50. The molecule has 1 saturated heterocycles. The molecule has 8 heteroatoms. The predicted octanol–water partition coefficient (Wildman–Crippen LogP) is 1.69. The predicted molar refractivity (Wildman–Crippen MR) is 100 cm³/mol. The van der Waals surface area contributed by atoms with E-state index in [1.165, 1.54) is 40.7 Å². The van der Waals surface area contributed by atoms with Gasteiger partial charge in [0.05, 0.1) is 4.90 Å². The number of likely N-dealkylation sites (N-methyl/N-ethyl adjacent to an activating group) is 1. The average molecular weight is 391 g/mol. The zero-order chi connectivity index (χ0) is 19.4. The fraction of sp³-hybridized carbons (Fsp3) is 0.316. The van der Waals surface area contributed by atoms with Crippen LogP contribution in [0, 0.1) is 5.82 Å². The first-order valence-electron chi connectivity index (χ1n) is 8.68. The number of rotatable bonds is 5. The molecule has 6 nitrogen and oxygen atoms in total. The van der Waals surface area contributed by atoms with E-state index in [-0.39, 0.29) is 23.2 Å². The maximum Gasteiger partial charge on any atom is 0.251 e. The molecule has 1 aliphatic rings. The fourth-order valence-electron chi connectivity index (χ4n) is 2.84. The lowest BCUT2D eigenvalue weighted by Crippen LogP contribution is -2.47.